The number of hydrazone groups is 1. The number of nitrogens with one attached hydrogen (secondary N) is 1. The summed E-state index contributed by atoms with van der Waals surface area (Å²) in [5, 5.41) is 6.04. The van der Waals surface area contributed by atoms with Crippen molar-refractivity contribution in [2.45, 2.75) is 6.92 Å². The third kappa shape index (κ3) is 4.68. The van der Waals surface area contributed by atoms with Gasteiger partial charge in [-0.25, -0.2) is 5.43 Å². The van der Waals surface area contributed by atoms with Crippen molar-refractivity contribution in [3.63, 3.8) is 0 Å². The quantitative estimate of drug-likeness (QED) is 0.399. The van der Waals surface area contributed by atoms with E-state index < -0.39 is 0 Å². The highest BCUT2D eigenvalue weighted by Crippen LogP contribution is 2.34. The Labute approximate surface area is 166 Å². The molecule has 3 aromatic rings. The van der Waals surface area contributed by atoms with Crippen LogP contribution in [0, 0.1) is 6.92 Å². The van der Waals surface area contributed by atoms with Gasteiger partial charge in [-0.1, -0.05) is 28.1 Å². The second-order valence-electron chi connectivity index (χ2n) is 5.27. The van der Waals surface area contributed by atoms with Crippen LogP contribution in [0.25, 0.3) is 10.8 Å². The highest BCUT2D eigenvalue weighted by atomic mass is 79.9. The largest absolute Gasteiger partial charge is 0.483 e. The molecular weight excluding hydrogens is 468 g/mol. The zero-order valence-electron chi connectivity index (χ0n) is 13.3. The molecule has 25 heavy (non-hydrogen) atoms. The fourth-order valence-corrected chi connectivity index (χ4v) is 3.96. The average Bonchev–Trinajstić information content (AvgIpc) is 2.99. The molecule has 0 aliphatic rings. The van der Waals surface area contributed by atoms with Crippen LogP contribution in [0.3, 0.4) is 0 Å². The van der Waals surface area contributed by atoms with Gasteiger partial charge in [0.1, 0.15) is 5.75 Å². The summed E-state index contributed by atoms with van der Waals surface area (Å²) in [5.41, 5.74) is 2.47. The number of thiophene rings is 1. The van der Waals surface area contributed by atoms with Gasteiger partial charge in [0, 0.05) is 14.2 Å². The van der Waals surface area contributed by atoms with E-state index in [9.17, 15) is 4.79 Å². The van der Waals surface area contributed by atoms with Gasteiger partial charge in [-0.3, -0.25) is 4.79 Å². The molecule has 0 radical (unpaired) electrons. The predicted molar refractivity (Wildman–Crippen MR) is 110 cm³/mol. The molecule has 0 spiro atoms. The number of hydrogen-bond acceptors (Lipinski definition) is 4. The Bertz CT molecular complexity index is 953. The van der Waals surface area contributed by atoms with E-state index in [0.717, 1.165) is 24.6 Å². The van der Waals surface area contributed by atoms with E-state index in [2.05, 4.69) is 42.4 Å². The van der Waals surface area contributed by atoms with Gasteiger partial charge in [0.15, 0.2) is 6.61 Å². The van der Waals surface area contributed by atoms with Gasteiger partial charge in [0.2, 0.25) is 0 Å². The third-order valence-corrected chi connectivity index (χ3v) is 5.63. The highest BCUT2D eigenvalue weighted by Gasteiger charge is 2.09. The van der Waals surface area contributed by atoms with Crippen LogP contribution in [0.4, 0.5) is 0 Å². The molecule has 0 bridgehead atoms. The van der Waals surface area contributed by atoms with Gasteiger partial charge in [-0.2, -0.15) is 5.10 Å². The Hall–Kier alpha value is -1.70. The summed E-state index contributed by atoms with van der Waals surface area (Å²) in [6.07, 6.45) is 1.62. The van der Waals surface area contributed by atoms with Gasteiger partial charge >= 0.3 is 0 Å². The van der Waals surface area contributed by atoms with E-state index in [1.165, 1.54) is 4.88 Å². The number of nitrogens with zero attached hydrogens (tertiary/aromatic N) is 1. The van der Waals surface area contributed by atoms with E-state index in [4.69, 9.17) is 4.74 Å². The van der Waals surface area contributed by atoms with Crippen LogP contribution in [-0.2, 0) is 4.79 Å². The first-order valence-corrected chi connectivity index (χ1v) is 9.82. The number of amides is 1. The zero-order chi connectivity index (χ0) is 17.8. The van der Waals surface area contributed by atoms with Crippen LogP contribution < -0.4 is 10.2 Å². The third-order valence-electron chi connectivity index (χ3n) is 3.38. The van der Waals surface area contributed by atoms with Gasteiger partial charge < -0.3 is 4.74 Å². The molecule has 1 heterocycles. The number of carbonyl (C=O) groups excluding carboxylic acids is 1. The molecule has 0 saturated carbocycles. The minimum atomic E-state index is -0.313. The molecule has 1 N–H and O–H groups in total. The van der Waals surface area contributed by atoms with Gasteiger partial charge in [0.05, 0.1) is 10.7 Å². The monoisotopic (exact) mass is 480 g/mol. The normalized spacial score (nSPS) is 11.2. The molecule has 3 rings (SSSR count). The van der Waals surface area contributed by atoms with Crippen molar-refractivity contribution >= 4 is 66.1 Å². The van der Waals surface area contributed by atoms with Gasteiger partial charge in [-0.15, -0.1) is 11.3 Å². The maximum absolute atomic E-state index is 11.9. The molecule has 0 saturated heterocycles. The molecule has 0 unspecified atom stereocenters. The van der Waals surface area contributed by atoms with Gasteiger partial charge in [0.25, 0.3) is 5.91 Å². The fraction of sp³-hybridized carbons (Fsp3) is 0.111. The molecule has 0 fully saturated rings. The summed E-state index contributed by atoms with van der Waals surface area (Å²) in [4.78, 5) is 14.0. The Morgan fingerprint density at radius 2 is 2.08 bits per heavy atom. The number of ether oxygens (including phenoxy) is 1. The van der Waals surface area contributed by atoms with E-state index in [1.54, 1.807) is 17.6 Å². The first kappa shape index (κ1) is 18.1. The number of hydrogen-bond donors (Lipinski definition) is 1. The van der Waals surface area contributed by atoms with E-state index in [1.807, 2.05) is 49.4 Å². The number of carbonyl (C=O) groups is 1. The van der Waals surface area contributed by atoms with Crippen molar-refractivity contribution in [1.29, 1.82) is 0 Å². The summed E-state index contributed by atoms with van der Waals surface area (Å²) in [6, 6.07) is 13.7. The summed E-state index contributed by atoms with van der Waals surface area (Å²) in [7, 11) is 0. The summed E-state index contributed by atoms with van der Waals surface area (Å²) < 4.78 is 7.44. The van der Waals surface area contributed by atoms with Gasteiger partial charge in [-0.05, 0) is 64.0 Å². The van der Waals surface area contributed by atoms with E-state index in [-0.39, 0.29) is 12.5 Å². The summed E-state index contributed by atoms with van der Waals surface area (Å²) >= 11 is 8.61. The average molecular weight is 482 g/mol. The number of rotatable bonds is 5. The van der Waals surface area contributed by atoms with Crippen molar-refractivity contribution in [2.24, 2.45) is 5.10 Å². The smallest absolute Gasteiger partial charge is 0.277 e. The van der Waals surface area contributed by atoms with Crippen molar-refractivity contribution in [3.8, 4) is 5.75 Å². The molecule has 7 heteroatoms. The van der Waals surface area contributed by atoms with Crippen molar-refractivity contribution in [3.05, 3.63) is 61.2 Å². The van der Waals surface area contributed by atoms with Crippen LogP contribution in [0.1, 0.15) is 9.75 Å². The second kappa shape index (κ2) is 8.12. The number of halogens is 2. The fourth-order valence-electron chi connectivity index (χ4n) is 2.22. The Morgan fingerprint density at radius 3 is 2.84 bits per heavy atom. The van der Waals surface area contributed by atoms with Crippen LogP contribution in [-0.4, -0.2) is 18.7 Å². The molecule has 2 aromatic carbocycles. The molecule has 128 valence electrons. The van der Waals surface area contributed by atoms with Crippen molar-refractivity contribution < 1.29 is 9.53 Å². The molecular formula is C18H14Br2N2O2S. The zero-order valence-corrected chi connectivity index (χ0v) is 17.2. The lowest BCUT2D eigenvalue weighted by atomic mass is 10.1. The predicted octanol–water partition coefficient (Wildman–Crippen LogP) is 5.26. The van der Waals surface area contributed by atoms with Crippen LogP contribution >= 0.6 is 43.2 Å². The maximum Gasteiger partial charge on any atom is 0.277 e. The summed E-state index contributed by atoms with van der Waals surface area (Å²) in [5.74, 6) is 0.301. The Balaban J connectivity index is 1.60. The first-order chi connectivity index (χ1) is 12.0. The Morgan fingerprint density at radius 1 is 1.24 bits per heavy atom. The first-order valence-electron chi connectivity index (χ1n) is 7.42. The number of aryl methyl sites for hydroxylation is 1. The van der Waals surface area contributed by atoms with E-state index >= 15 is 0 Å². The highest BCUT2D eigenvalue weighted by molar-refractivity contribution is 9.11. The lowest BCUT2D eigenvalue weighted by Crippen LogP contribution is -2.24. The number of fused-ring (bicyclic) bond motifs is 1. The molecule has 0 aliphatic heterocycles. The SMILES string of the molecule is Cc1ccc(C=NNC(=O)COc2ccc3cc(Br)ccc3c2Br)s1. The standard InChI is InChI=1S/C18H14Br2N2O2S/c1-11-2-5-14(25-11)9-21-22-17(23)10-24-16-7-3-12-8-13(19)4-6-15(12)18(16)20/h2-9H,10H2,1H3,(H,22,23). The van der Waals surface area contributed by atoms with Crippen molar-refractivity contribution in [2.75, 3.05) is 6.61 Å². The van der Waals surface area contributed by atoms with Crippen LogP contribution in [0.5, 0.6) is 5.75 Å². The lowest BCUT2D eigenvalue weighted by Gasteiger charge is -2.10. The Kier molecular flexibility index (Phi) is 5.88. The molecule has 0 aliphatic carbocycles. The molecule has 1 aromatic heterocycles. The summed E-state index contributed by atoms with van der Waals surface area (Å²) in [6.45, 7) is 1.91. The van der Waals surface area contributed by atoms with Crippen LogP contribution in [0.15, 0.2) is 56.5 Å². The second-order valence-corrected chi connectivity index (χ2v) is 8.30. The molecule has 4 nitrogen and oxygen atoms in total. The van der Waals surface area contributed by atoms with E-state index in [0.29, 0.717) is 5.75 Å². The number of benzene rings is 2. The van der Waals surface area contributed by atoms with Crippen LogP contribution in [0.2, 0.25) is 0 Å². The lowest BCUT2D eigenvalue weighted by molar-refractivity contribution is -0.123. The molecule has 1 amide bonds. The van der Waals surface area contributed by atoms with Crippen molar-refractivity contribution in [1.82, 2.24) is 5.43 Å². The minimum absolute atomic E-state index is 0.110. The molecule has 0 atom stereocenters. The topological polar surface area (TPSA) is 50.7 Å². The maximum atomic E-state index is 11.9. The minimum Gasteiger partial charge on any atom is -0.483 e.